The fourth-order valence-corrected chi connectivity index (χ4v) is 7.17. The first kappa shape index (κ1) is 21.3. The lowest BCUT2D eigenvalue weighted by atomic mass is 9.95. The van der Waals surface area contributed by atoms with Crippen LogP contribution in [0.3, 0.4) is 0 Å². The van der Waals surface area contributed by atoms with Crippen LogP contribution in [0.2, 0.25) is 0 Å². The molecule has 1 N–H and O–H groups in total. The first-order valence-corrected chi connectivity index (χ1v) is 13.9. The van der Waals surface area contributed by atoms with Gasteiger partial charge in [-0.25, -0.2) is 9.97 Å². The highest BCUT2D eigenvalue weighted by Gasteiger charge is 2.24. The number of aromatic nitrogens is 2. The van der Waals surface area contributed by atoms with Crippen molar-refractivity contribution in [2.45, 2.75) is 25.7 Å². The van der Waals surface area contributed by atoms with E-state index in [1.807, 2.05) is 22.7 Å². The number of fused-ring (bicyclic) bond motifs is 2. The van der Waals surface area contributed by atoms with Gasteiger partial charge in [-0.2, -0.15) is 0 Å². The van der Waals surface area contributed by atoms with Gasteiger partial charge in [0, 0.05) is 26.2 Å². The monoisotopic (exact) mass is 477 g/mol. The van der Waals surface area contributed by atoms with E-state index < -0.39 is 0 Å². The largest absolute Gasteiger partial charge is 0.348 e. The zero-order chi connectivity index (χ0) is 22.0. The Hall–Kier alpha value is -2.22. The van der Waals surface area contributed by atoms with Gasteiger partial charge < -0.3 is 15.1 Å². The SMILES string of the molecule is c1ccc2sc(N3CCC(CNCC4CCN(c5nc6ccccc6s5)CC4)CC3)nc2c1. The van der Waals surface area contributed by atoms with Crippen molar-refractivity contribution in [3.63, 3.8) is 0 Å². The zero-order valence-electron chi connectivity index (χ0n) is 18.9. The quantitative estimate of drug-likeness (QED) is 0.390. The van der Waals surface area contributed by atoms with Crippen LogP contribution in [0.5, 0.6) is 0 Å². The maximum absolute atomic E-state index is 4.85. The van der Waals surface area contributed by atoms with Gasteiger partial charge in [0.25, 0.3) is 0 Å². The third-order valence-corrected chi connectivity index (χ3v) is 9.40. The van der Waals surface area contributed by atoms with Crippen LogP contribution in [0.4, 0.5) is 10.3 Å². The van der Waals surface area contributed by atoms with Crippen molar-refractivity contribution in [3.8, 4) is 0 Å². The Morgan fingerprint density at radius 3 is 1.52 bits per heavy atom. The molecule has 0 amide bonds. The van der Waals surface area contributed by atoms with E-state index in [-0.39, 0.29) is 0 Å². The van der Waals surface area contributed by atoms with Crippen molar-refractivity contribution >= 4 is 53.4 Å². The minimum atomic E-state index is 0.790. The molecule has 0 spiro atoms. The fraction of sp³-hybridized carbons (Fsp3) is 0.462. The van der Waals surface area contributed by atoms with Crippen LogP contribution in [0.1, 0.15) is 25.7 Å². The van der Waals surface area contributed by atoms with Gasteiger partial charge in [-0.3, -0.25) is 0 Å². The first-order chi connectivity index (χ1) is 16.3. The molecule has 2 saturated heterocycles. The van der Waals surface area contributed by atoms with Gasteiger partial charge in [-0.05, 0) is 74.9 Å². The Morgan fingerprint density at radius 1 is 0.667 bits per heavy atom. The summed E-state index contributed by atoms with van der Waals surface area (Å²) in [6.07, 6.45) is 5.05. The molecule has 0 aliphatic carbocycles. The number of thiazole rings is 2. The van der Waals surface area contributed by atoms with Crippen molar-refractivity contribution in [2.75, 3.05) is 49.1 Å². The zero-order valence-corrected chi connectivity index (χ0v) is 20.6. The highest BCUT2D eigenvalue weighted by molar-refractivity contribution is 7.22. The molecule has 4 heterocycles. The molecule has 7 heteroatoms. The summed E-state index contributed by atoms with van der Waals surface area (Å²) in [6.45, 7) is 6.84. The lowest BCUT2D eigenvalue weighted by Crippen LogP contribution is -2.40. The molecule has 2 fully saturated rings. The van der Waals surface area contributed by atoms with Gasteiger partial charge in [0.2, 0.25) is 0 Å². The van der Waals surface area contributed by atoms with Crippen LogP contribution in [0.25, 0.3) is 20.4 Å². The Balaban J connectivity index is 0.926. The summed E-state index contributed by atoms with van der Waals surface area (Å²) < 4.78 is 2.59. The Bertz CT molecular complexity index is 1040. The highest BCUT2D eigenvalue weighted by Crippen LogP contribution is 2.32. The molecule has 2 aromatic heterocycles. The molecular formula is C26H31N5S2. The van der Waals surface area contributed by atoms with Crippen molar-refractivity contribution in [1.29, 1.82) is 0 Å². The molecular weight excluding hydrogens is 446 g/mol. The molecule has 6 rings (SSSR count). The molecule has 2 aliphatic heterocycles. The molecule has 2 aliphatic rings. The molecule has 0 radical (unpaired) electrons. The van der Waals surface area contributed by atoms with Crippen LogP contribution in [0.15, 0.2) is 48.5 Å². The lowest BCUT2D eigenvalue weighted by molar-refractivity contribution is 0.340. The molecule has 33 heavy (non-hydrogen) atoms. The topological polar surface area (TPSA) is 44.3 Å². The number of rotatable bonds is 6. The number of hydrogen-bond acceptors (Lipinski definition) is 7. The van der Waals surface area contributed by atoms with Crippen molar-refractivity contribution in [2.24, 2.45) is 11.8 Å². The van der Waals surface area contributed by atoms with Crippen LogP contribution in [0, 0.1) is 11.8 Å². The number of para-hydroxylation sites is 2. The van der Waals surface area contributed by atoms with Gasteiger partial charge in [0.15, 0.2) is 10.3 Å². The summed E-state index contributed by atoms with van der Waals surface area (Å²) in [5, 5.41) is 6.21. The molecule has 0 atom stereocenters. The highest BCUT2D eigenvalue weighted by atomic mass is 32.1. The standard InChI is InChI=1S/C26H31N5S2/c1-3-7-23-21(5-1)28-25(32-23)30-13-9-19(10-14-30)17-27-18-20-11-15-31(16-12-20)26-29-22-6-2-4-8-24(22)33-26/h1-8,19-20,27H,9-18H2. The summed E-state index contributed by atoms with van der Waals surface area (Å²) >= 11 is 3.67. The number of hydrogen-bond donors (Lipinski definition) is 1. The maximum Gasteiger partial charge on any atom is 0.186 e. The average molecular weight is 478 g/mol. The molecule has 2 aromatic carbocycles. The first-order valence-electron chi connectivity index (χ1n) is 12.2. The van der Waals surface area contributed by atoms with Crippen LogP contribution >= 0.6 is 22.7 Å². The van der Waals surface area contributed by atoms with E-state index in [2.05, 4.69) is 63.6 Å². The predicted molar refractivity (Wildman–Crippen MR) is 142 cm³/mol. The van der Waals surface area contributed by atoms with Gasteiger partial charge >= 0.3 is 0 Å². The smallest absolute Gasteiger partial charge is 0.186 e. The number of anilines is 2. The normalized spacial score (nSPS) is 18.5. The van der Waals surface area contributed by atoms with E-state index in [1.165, 1.54) is 45.3 Å². The van der Waals surface area contributed by atoms with Crippen molar-refractivity contribution < 1.29 is 0 Å². The van der Waals surface area contributed by atoms with Gasteiger partial charge in [0.05, 0.1) is 20.4 Å². The molecule has 5 nitrogen and oxygen atoms in total. The summed E-state index contributed by atoms with van der Waals surface area (Å²) in [5.41, 5.74) is 2.27. The maximum atomic E-state index is 4.85. The fourth-order valence-electron chi connectivity index (χ4n) is 5.14. The number of piperidine rings is 2. The van der Waals surface area contributed by atoms with Gasteiger partial charge in [-0.1, -0.05) is 46.9 Å². The summed E-state index contributed by atoms with van der Waals surface area (Å²) in [6, 6.07) is 17.0. The Labute approximate surface area is 203 Å². The second-order valence-electron chi connectivity index (χ2n) is 9.45. The average Bonchev–Trinajstić information content (AvgIpc) is 3.49. The van der Waals surface area contributed by atoms with Gasteiger partial charge in [-0.15, -0.1) is 0 Å². The third kappa shape index (κ3) is 4.72. The second kappa shape index (κ2) is 9.57. The van der Waals surface area contributed by atoms with Crippen LogP contribution in [-0.4, -0.2) is 49.2 Å². The van der Waals surface area contributed by atoms with E-state index in [0.29, 0.717) is 0 Å². The van der Waals surface area contributed by atoms with Crippen molar-refractivity contribution in [3.05, 3.63) is 48.5 Å². The number of nitrogens with one attached hydrogen (secondary N) is 1. The van der Waals surface area contributed by atoms with E-state index in [4.69, 9.17) is 9.97 Å². The molecule has 0 unspecified atom stereocenters. The molecule has 4 aromatic rings. The number of benzene rings is 2. The number of nitrogens with zero attached hydrogens (tertiary/aromatic N) is 4. The van der Waals surface area contributed by atoms with E-state index in [9.17, 15) is 0 Å². The van der Waals surface area contributed by atoms with E-state index in [0.717, 1.165) is 62.1 Å². The molecule has 172 valence electrons. The van der Waals surface area contributed by atoms with Gasteiger partial charge in [0.1, 0.15) is 0 Å². The Kier molecular flexibility index (Phi) is 6.18. The lowest BCUT2D eigenvalue weighted by Gasteiger charge is -2.34. The second-order valence-corrected chi connectivity index (χ2v) is 11.5. The summed E-state index contributed by atoms with van der Waals surface area (Å²) in [5.74, 6) is 1.58. The van der Waals surface area contributed by atoms with Crippen molar-refractivity contribution in [1.82, 2.24) is 15.3 Å². The predicted octanol–water partition coefficient (Wildman–Crippen LogP) is 5.63. The third-order valence-electron chi connectivity index (χ3n) is 7.20. The molecule has 0 bridgehead atoms. The van der Waals surface area contributed by atoms with E-state index in [1.54, 1.807) is 0 Å². The van der Waals surface area contributed by atoms with E-state index >= 15 is 0 Å². The minimum Gasteiger partial charge on any atom is -0.348 e. The summed E-state index contributed by atoms with van der Waals surface area (Å²) in [4.78, 5) is 14.7. The van der Waals surface area contributed by atoms with Crippen LogP contribution in [-0.2, 0) is 0 Å². The molecule has 0 saturated carbocycles. The van der Waals surface area contributed by atoms with Crippen LogP contribution < -0.4 is 15.1 Å². The summed E-state index contributed by atoms with van der Waals surface area (Å²) in [7, 11) is 0. The Morgan fingerprint density at radius 2 is 1.09 bits per heavy atom. The minimum absolute atomic E-state index is 0.790.